The van der Waals surface area contributed by atoms with Crippen LogP contribution in [0.15, 0.2) is 168 Å². The quantitative estimate of drug-likeness (QED) is 0.0926. The molecule has 1 aromatic heterocycles. The zero-order valence-corrected chi connectivity index (χ0v) is 29.3. The fourth-order valence-electron chi connectivity index (χ4n) is 6.22. The second-order valence-corrected chi connectivity index (χ2v) is 13.3. The SMILES string of the molecule is CCn1c2ccccc2c2cc(NC(=O)C(Sc3cccc(NC(=O)/C(=C/c4ccccc4)NC(=O)c4ccccc4)c3)c3ccccc3)ccc21. The second kappa shape index (κ2) is 15.7. The third kappa shape index (κ3) is 7.67. The molecule has 1 unspecified atom stereocenters. The highest BCUT2D eigenvalue weighted by molar-refractivity contribution is 8.00. The van der Waals surface area contributed by atoms with Crippen LogP contribution in [0.5, 0.6) is 0 Å². The highest BCUT2D eigenvalue weighted by Crippen LogP contribution is 2.38. The lowest BCUT2D eigenvalue weighted by Crippen LogP contribution is -2.30. The number of rotatable bonds is 11. The van der Waals surface area contributed by atoms with Crippen LogP contribution >= 0.6 is 11.8 Å². The molecule has 0 aliphatic rings. The zero-order valence-electron chi connectivity index (χ0n) is 28.5. The van der Waals surface area contributed by atoms with E-state index < -0.39 is 17.1 Å². The molecule has 8 heteroatoms. The third-order valence-corrected chi connectivity index (χ3v) is 9.93. The van der Waals surface area contributed by atoms with Gasteiger partial charge in [-0.25, -0.2) is 0 Å². The summed E-state index contributed by atoms with van der Waals surface area (Å²) in [5, 5.41) is 10.5. The van der Waals surface area contributed by atoms with Crippen LogP contribution in [0.1, 0.15) is 33.7 Å². The van der Waals surface area contributed by atoms with Crippen LogP contribution in [0, 0.1) is 0 Å². The van der Waals surface area contributed by atoms with E-state index in [9.17, 15) is 14.4 Å². The Morgan fingerprint density at radius 1 is 0.654 bits per heavy atom. The Morgan fingerprint density at radius 2 is 1.31 bits per heavy atom. The lowest BCUT2D eigenvalue weighted by Gasteiger charge is -2.18. The number of nitrogens with one attached hydrogen (secondary N) is 3. The molecule has 52 heavy (non-hydrogen) atoms. The van der Waals surface area contributed by atoms with Crippen LogP contribution < -0.4 is 16.0 Å². The molecule has 3 amide bonds. The van der Waals surface area contributed by atoms with E-state index in [-0.39, 0.29) is 11.6 Å². The molecular formula is C44H36N4O3S. The Kier molecular flexibility index (Phi) is 10.3. The zero-order chi connectivity index (χ0) is 35.9. The number of amides is 3. The van der Waals surface area contributed by atoms with E-state index in [0.717, 1.165) is 44.4 Å². The van der Waals surface area contributed by atoms with Gasteiger partial charge in [-0.05, 0) is 78.7 Å². The van der Waals surface area contributed by atoms with E-state index in [2.05, 4.69) is 45.6 Å². The van der Waals surface area contributed by atoms with Gasteiger partial charge in [-0.2, -0.15) is 0 Å². The van der Waals surface area contributed by atoms with Crippen molar-refractivity contribution in [1.29, 1.82) is 0 Å². The topological polar surface area (TPSA) is 92.2 Å². The van der Waals surface area contributed by atoms with Crippen molar-refractivity contribution in [2.75, 3.05) is 10.6 Å². The lowest BCUT2D eigenvalue weighted by molar-refractivity contribution is -0.116. The molecule has 7 nitrogen and oxygen atoms in total. The summed E-state index contributed by atoms with van der Waals surface area (Å²) >= 11 is 1.39. The van der Waals surface area contributed by atoms with Gasteiger partial charge in [0.1, 0.15) is 10.9 Å². The fraction of sp³-hybridized carbons (Fsp3) is 0.0682. The molecule has 0 aliphatic heterocycles. The van der Waals surface area contributed by atoms with E-state index in [4.69, 9.17) is 0 Å². The summed E-state index contributed by atoms with van der Waals surface area (Å²) in [6.07, 6.45) is 1.64. The molecule has 0 spiro atoms. The summed E-state index contributed by atoms with van der Waals surface area (Å²) in [5.41, 5.74) is 5.66. The van der Waals surface area contributed by atoms with Gasteiger partial charge in [-0.1, -0.05) is 103 Å². The molecule has 1 heterocycles. The Bertz CT molecular complexity index is 2410. The lowest BCUT2D eigenvalue weighted by atomic mass is 10.1. The fourth-order valence-corrected chi connectivity index (χ4v) is 7.30. The van der Waals surface area contributed by atoms with Crippen molar-refractivity contribution in [1.82, 2.24) is 9.88 Å². The number of thioether (sulfide) groups is 1. The van der Waals surface area contributed by atoms with E-state index in [1.807, 2.05) is 109 Å². The minimum atomic E-state index is -0.585. The minimum Gasteiger partial charge on any atom is -0.341 e. The van der Waals surface area contributed by atoms with E-state index >= 15 is 0 Å². The first-order chi connectivity index (χ1) is 25.5. The number of nitrogens with zero attached hydrogens (tertiary/aromatic N) is 1. The van der Waals surface area contributed by atoms with Crippen molar-refractivity contribution in [2.45, 2.75) is 23.6 Å². The van der Waals surface area contributed by atoms with Gasteiger partial charge in [-0.3, -0.25) is 14.4 Å². The number of carbonyl (C=O) groups excluding carboxylic acids is 3. The summed E-state index contributed by atoms with van der Waals surface area (Å²) in [6.45, 7) is 2.97. The van der Waals surface area contributed by atoms with Gasteiger partial charge in [0.25, 0.3) is 11.8 Å². The number of aromatic nitrogens is 1. The number of para-hydroxylation sites is 1. The molecule has 7 aromatic rings. The van der Waals surface area contributed by atoms with Crippen LogP contribution in [0.2, 0.25) is 0 Å². The maximum atomic E-state index is 14.1. The average molecular weight is 701 g/mol. The molecule has 0 saturated heterocycles. The summed E-state index contributed by atoms with van der Waals surface area (Å²) in [7, 11) is 0. The Hall–Kier alpha value is -6.38. The smallest absolute Gasteiger partial charge is 0.272 e. The molecule has 7 rings (SSSR count). The predicted octanol–water partition coefficient (Wildman–Crippen LogP) is 9.70. The minimum absolute atomic E-state index is 0.0960. The summed E-state index contributed by atoms with van der Waals surface area (Å²) in [5.74, 6) is -1.04. The van der Waals surface area contributed by atoms with Gasteiger partial charge in [0.2, 0.25) is 5.91 Å². The molecule has 1 atom stereocenters. The van der Waals surface area contributed by atoms with Crippen LogP contribution in [0.25, 0.3) is 27.9 Å². The highest BCUT2D eigenvalue weighted by Gasteiger charge is 2.23. The van der Waals surface area contributed by atoms with Crippen molar-refractivity contribution in [2.24, 2.45) is 0 Å². The maximum Gasteiger partial charge on any atom is 0.272 e. The number of carbonyl (C=O) groups is 3. The van der Waals surface area contributed by atoms with Crippen molar-refractivity contribution < 1.29 is 14.4 Å². The molecule has 256 valence electrons. The largest absolute Gasteiger partial charge is 0.341 e. The number of anilines is 2. The number of fused-ring (bicyclic) bond motifs is 3. The Balaban J connectivity index is 1.13. The van der Waals surface area contributed by atoms with Gasteiger partial charge in [-0.15, -0.1) is 11.8 Å². The molecule has 0 bridgehead atoms. The number of hydrogen-bond acceptors (Lipinski definition) is 4. The maximum absolute atomic E-state index is 14.1. The van der Waals surface area contributed by atoms with Crippen LogP contribution in [0.3, 0.4) is 0 Å². The Labute approximate surface area is 306 Å². The van der Waals surface area contributed by atoms with Gasteiger partial charge >= 0.3 is 0 Å². The average Bonchev–Trinajstić information content (AvgIpc) is 3.50. The van der Waals surface area contributed by atoms with Gasteiger partial charge in [0, 0.05) is 50.2 Å². The van der Waals surface area contributed by atoms with Gasteiger partial charge in [0.15, 0.2) is 0 Å². The van der Waals surface area contributed by atoms with Crippen molar-refractivity contribution in [3.8, 4) is 0 Å². The van der Waals surface area contributed by atoms with Crippen molar-refractivity contribution in [3.05, 3.63) is 180 Å². The van der Waals surface area contributed by atoms with E-state index in [1.165, 1.54) is 11.8 Å². The van der Waals surface area contributed by atoms with Gasteiger partial charge < -0.3 is 20.5 Å². The van der Waals surface area contributed by atoms with E-state index in [0.29, 0.717) is 16.9 Å². The molecule has 0 aliphatic carbocycles. The molecule has 0 saturated carbocycles. The third-order valence-electron chi connectivity index (χ3n) is 8.68. The molecule has 6 aromatic carbocycles. The van der Waals surface area contributed by atoms with Crippen molar-refractivity contribution >= 4 is 68.7 Å². The van der Waals surface area contributed by atoms with Crippen LogP contribution in [-0.4, -0.2) is 22.3 Å². The normalized spacial score (nSPS) is 12.0. The first-order valence-corrected chi connectivity index (χ1v) is 17.9. The number of benzene rings is 6. The Morgan fingerprint density at radius 3 is 2.06 bits per heavy atom. The molecule has 0 radical (unpaired) electrons. The molecule has 0 fully saturated rings. The molecule has 3 N–H and O–H groups in total. The van der Waals surface area contributed by atoms with Crippen LogP contribution in [-0.2, 0) is 16.1 Å². The summed E-state index contributed by atoms with van der Waals surface area (Å²) in [6, 6.07) is 49.4. The van der Waals surface area contributed by atoms with Crippen molar-refractivity contribution in [3.63, 3.8) is 0 Å². The van der Waals surface area contributed by atoms with Crippen LogP contribution in [0.4, 0.5) is 11.4 Å². The first kappa shape index (κ1) is 34.1. The standard InChI is InChI=1S/C44H36N4O3S/c1-2-48-39-24-13-12-23-36(39)37-29-34(25-26-40(37)48)46-44(51)41(31-17-8-4-9-18-31)52-35-22-14-21-33(28-35)45-43(50)38(27-30-15-6-3-7-16-30)47-42(49)32-19-10-5-11-20-32/h3-29,41H,2H2,1H3,(H,45,50)(H,46,51)(H,47,49)/b38-27-. The second-order valence-electron chi connectivity index (χ2n) is 12.2. The van der Waals surface area contributed by atoms with E-state index in [1.54, 1.807) is 36.4 Å². The number of hydrogen-bond donors (Lipinski definition) is 3. The molecular weight excluding hydrogens is 665 g/mol. The van der Waals surface area contributed by atoms with Gasteiger partial charge in [0.05, 0.1) is 0 Å². The number of aryl methyl sites for hydroxylation is 1. The predicted molar refractivity (Wildman–Crippen MR) is 212 cm³/mol. The summed E-state index contributed by atoms with van der Waals surface area (Å²) < 4.78 is 2.28. The summed E-state index contributed by atoms with van der Waals surface area (Å²) in [4.78, 5) is 41.6. The highest BCUT2D eigenvalue weighted by atomic mass is 32.2. The first-order valence-electron chi connectivity index (χ1n) is 17.0. The monoisotopic (exact) mass is 700 g/mol.